The number of aliphatic hydroxyl groups excluding tert-OH is 1. The van der Waals surface area contributed by atoms with Gasteiger partial charge in [-0.25, -0.2) is 9.59 Å². The summed E-state index contributed by atoms with van der Waals surface area (Å²) in [5.41, 5.74) is -0.640. The molecule has 0 saturated carbocycles. The second-order valence-corrected chi connectivity index (χ2v) is 5.63. The minimum Gasteiger partial charge on any atom is -0.464 e. The van der Waals surface area contributed by atoms with Gasteiger partial charge in [0.15, 0.2) is 0 Å². The van der Waals surface area contributed by atoms with Gasteiger partial charge in [-0.15, -0.1) is 0 Å². The molecule has 1 rings (SSSR count). The first-order valence-corrected chi connectivity index (χ1v) is 6.59. The molecule has 1 unspecified atom stereocenters. The van der Waals surface area contributed by atoms with Crippen molar-refractivity contribution in [3.63, 3.8) is 0 Å². The lowest BCUT2D eigenvalue weighted by Gasteiger charge is -2.37. The summed E-state index contributed by atoms with van der Waals surface area (Å²) >= 11 is 0. The highest BCUT2D eigenvalue weighted by molar-refractivity contribution is 5.81. The number of hydrogen-bond acceptors (Lipinski definition) is 5. The number of β-amino-alcohol motifs (C(OH)–C–C–N with tert-alkyl or cyclic N) is 1. The molecule has 0 spiro atoms. The van der Waals surface area contributed by atoms with Crippen LogP contribution in [0.15, 0.2) is 0 Å². The predicted octanol–water partition coefficient (Wildman–Crippen LogP) is 1.31. The fourth-order valence-corrected chi connectivity index (χ4v) is 1.96. The summed E-state index contributed by atoms with van der Waals surface area (Å²) in [6, 6.07) is -0.668. The highest BCUT2D eigenvalue weighted by atomic mass is 16.6. The Balaban J connectivity index is 2.78. The molecule has 1 N–H and O–H groups in total. The van der Waals surface area contributed by atoms with Crippen LogP contribution in [0.4, 0.5) is 4.79 Å². The Morgan fingerprint density at radius 1 is 1.32 bits per heavy atom. The third-order valence-corrected chi connectivity index (χ3v) is 2.74. The molecule has 1 saturated heterocycles. The van der Waals surface area contributed by atoms with E-state index < -0.39 is 29.8 Å². The van der Waals surface area contributed by atoms with Crippen LogP contribution in [-0.2, 0) is 14.3 Å². The Kier molecular flexibility index (Phi) is 5.17. The Bertz CT molecular complexity index is 336. The largest absolute Gasteiger partial charge is 0.464 e. The smallest absolute Gasteiger partial charge is 0.411 e. The van der Waals surface area contributed by atoms with Gasteiger partial charge in [0.25, 0.3) is 0 Å². The maximum Gasteiger partial charge on any atom is 0.411 e. The van der Waals surface area contributed by atoms with Crippen LogP contribution < -0.4 is 0 Å². The number of likely N-dealkylation sites (tertiary alicyclic amines) is 1. The van der Waals surface area contributed by atoms with Crippen molar-refractivity contribution in [2.24, 2.45) is 0 Å². The number of carbonyl (C=O) groups is 2. The summed E-state index contributed by atoms with van der Waals surface area (Å²) < 4.78 is 10.2. The number of aliphatic hydroxyl groups is 1. The molecule has 0 aromatic carbocycles. The highest BCUT2D eigenvalue weighted by Crippen LogP contribution is 2.21. The van der Waals surface area contributed by atoms with Crippen LogP contribution in [-0.4, -0.2) is 53.0 Å². The van der Waals surface area contributed by atoms with Crippen LogP contribution in [0.1, 0.15) is 40.5 Å². The van der Waals surface area contributed by atoms with Crippen LogP contribution in [0.5, 0.6) is 0 Å². The first-order chi connectivity index (χ1) is 8.74. The Hall–Kier alpha value is -1.30. The first-order valence-electron chi connectivity index (χ1n) is 6.59. The zero-order chi connectivity index (χ0) is 14.6. The number of piperidine rings is 1. The van der Waals surface area contributed by atoms with E-state index in [0.29, 0.717) is 12.8 Å². The van der Waals surface area contributed by atoms with Crippen molar-refractivity contribution in [1.82, 2.24) is 4.90 Å². The highest BCUT2D eigenvalue weighted by Gasteiger charge is 2.38. The lowest BCUT2D eigenvalue weighted by atomic mass is 10.0. The van der Waals surface area contributed by atoms with Crippen molar-refractivity contribution in [3.8, 4) is 0 Å². The molecule has 0 aliphatic carbocycles. The summed E-state index contributed by atoms with van der Waals surface area (Å²) in [4.78, 5) is 25.2. The number of nitrogens with zero attached hydrogens (tertiary/aromatic N) is 1. The number of rotatable bonds is 2. The van der Waals surface area contributed by atoms with Crippen LogP contribution in [0.2, 0.25) is 0 Å². The van der Waals surface area contributed by atoms with E-state index in [1.54, 1.807) is 27.7 Å². The van der Waals surface area contributed by atoms with Gasteiger partial charge in [0.05, 0.1) is 19.3 Å². The van der Waals surface area contributed by atoms with Crippen LogP contribution in [0, 0.1) is 0 Å². The maximum atomic E-state index is 12.1. The van der Waals surface area contributed by atoms with Crippen molar-refractivity contribution in [2.45, 2.75) is 58.3 Å². The molecule has 6 nitrogen and oxygen atoms in total. The van der Waals surface area contributed by atoms with Crippen LogP contribution in [0.25, 0.3) is 0 Å². The van der Waals surface area contributed by atoms with Gasteiger partial charge in [-0.3, -0.25) is 4.90 Å². The normalized spacial score (nSPS) is 23.9. The summed E-state index contributed by atoms with van der Waals surface area (Å²) in [7, 11) is 0. The quantitative estimate of drug-likeness (QED) is 0.768. The van der Waals surface area contributed by atoms with E-state index in [9.17, 15) is 14.7 Å². The van der Waals surface area contributed by atoms with Crippen molar-refractivity contribution in [1.29, 1.82) is 0 Å². The van der Waals surface area contributed by atoms with E-state index in [2.05, 4.69) is 0 Å². The number of esters is 1. The minimum absolute atomic E-state index is 0.0956. The summed E-state index contributed by atoms with van der Waals surface area (Å²) in [5, 5.41) is 9.65. The first kappa shape index (κ1) is 15.8. The number of amides is 1. The summed E-state index contributed by atoms with van der Waals surface area (Å²) in [6.07, 6.45) is -0.357. The van der Waals surface area contributed by atoms with Gasteiger partial charge >= 0.3 is 12.1 Å². The van der Waals surface area contributed by atoms with Gasteiger partial charge in [-0.1, -0.05) is 0 Å². The van der Waals surface area contributed by atoms with Gasteiger partial charge in [-0.05, 0) is 40.5 Å². The standard InChI is InChI=1S/C13H23NO5/c1-5-18-11(16)10-7-6-9(15)8-14(10)12(17)19-13(2,3)4/h9-10,15H,5-8H2,1-4H3/t9?,10-/m0/s1. The average molecular weight is 273 g/mol. The molecule has 6 heteroatoms. The zero-order valence-electron chi connectivity index (χ0n) is 12.0. The summed E-state index contributed by atoms with van der Waals surface area (Å²) in [5.74, 6) is -0.444. The lowest BCUT2D eigenvalue weighted by molar-refractivity contribution is -0.152. The van der Waals surface area contributed by atoms with Crippen molar-refractivity contribution in [3.05, 3.63) is 0 Å². The minimum atomic E-state index is -0.668. The average Bonchev–Trinajstić information content (AvgIpc) is 2.26. The van der Waals surface area contributed by atoms with E-state index >= 15 is 0 Å². The second kappa shape index (κ2) is 6.23. The van der Waals surface area contributed by atoms with Crippen molar-refractivity contribution >= 4 is 12.1 Å². The maximum absolute atomic E-state index is 12.1. The molecule has 1 amide bonds. The molecule has 0 radical (unpaired) electrons. The van der Waals surface area contributed by atoms with Crippen LogP contribution >= 0.6 is 0 Å². The van der Waals surface area contributed by atoms with Crippen molar-refractivity contribution in [2.75, 3.05) is 13.2 Å². The zero-order valence-corrected chi connectivity index (χ0v) is 12.0. The van der Waals surface area contributed by atoms with E-state index in [1.165, 1.54) is 4.90 Å². The molecule has 1 fully saturated rings. The van der Waals surface area contributed by atoms with Gasteiger partial charge in [0.2, 0.25) is 0 Å². The molecule has 0 aromatic rings. The van der Waals surface area contributed by atoms with E-state index in [-0.39, 0.29) is 13.2 Å². The molecule has 1 heterocycles. The third-order valence-electron chi connectivity index (χ3n) is 2.74. The van der Waals surface area contributed by atoms with Gasteiger partial charge in [0.1, 0.15) is 11.6 Å². The number of hydrogen-bond donors (Lipinski definition) is 1. The summed E-state index contributed by atoms with van der Waals surface area (Å²) in [6.45, 7) is 7.34. The topological polar surface area (TPSA) is 76.1 Å². The SMILES string of the molecule is CCOC(=O)[C@@H]1CCC(O)CN1C(=O)OC(C)(C)C. The second-order valence-electron chi connectivity index (χ2n) is 5.63. The molecule has 1 aliphatic heterocycles. The molecule has 0 aromatic heterocycles. The Labute approximate surface area is 113 Å². The fraction of sp³-hybridized carbons (Fsp3) is 0.846. The Morgan fingerprint density at radius 3 is 2.47 bits per heavy atom. The third kappa shape index (κ3) is 4.70. The molecule has 2 atom stereocenters. The molecular weight excluding hydrogens is 250 g/mol. The predicted molar refractivity (Wildman–Crippen MR) is 68.6 cm³/mol. The van der Waals surface area contributed by atoms with Crippen molar-refractivity contribution < 1.29 is 24.2 Å². The van der Waals surface area contributed by atoms with Gasteiger partial charge in [0, 0.05) is 0 Å². The lowest BCUT2D eigenvalue weighted by Crippen LogP contribution is -2.53. The Morgan fingerprint density at radius 2 is 1.95 bits per heavy atom. The monoisotopic (exact) mass is 273 g/mol. The van der Waals surface area contributed by atoms with E-state index in [4.69, 9.17) is 9.47 Å². The molecule has 110 valence electrons. The van der Waals surface area contributed by atoms with E-state index in [0.717, 1.165) is 0 Å². The fourth-order valence-electron chi connectivity index (χ4n) is 1.96. The molecular formula is C13H23NO5. The molecule has 0 bridgehead atoms. The number of ether oxygens (including phenoxy) is 2. The van der Waals surface area contributed by atoms with Crippen LogP contribution in [0.3, 0.4) is 0 Å². The molecule has 19 heavy (non-hydrogen) atoms. The van der Waals surface area contributed by atoms with E-state index in [1.807, 2.05) is 0 Å². The van der Waals surface area contributed by atoms with Gasteiger partial charge in [-0.2, -0.15) is 0 Å². The number of carbonyl (C=O) groups excluding carboxylic acids is 2. The van der Waals surface area contributed by atoms with Gasteiger partial charge < -0.3 is 14.6 Å². The molecule has 1 aliphatic rings.